The molecule has 1 unspecified atom stereocenters. The highest BCUT2D eigenvalue weighted by molar-refractivity contribution is 5.92. The number of fused-ring (bicyclic) bond motifs is 1. The molecular formula is C21H21F2N9O. The number of aryl methyl sites for hydroxylation is 1. The fourth-order valence-electron chi connectivity index (χ4n) is 4.07. The van der Waals surface area contributed by atoms with Gasteiger partial charge in [0.1, 0.15) is 17.2 Å². The van der Waals surface area contributed by atoms with Gasteiger partial charge in [-0.15, -0.1) is 0 Å². The normalized spacial score (nSPS) is 18.4. The fourth-order valence-corrected chi connectivity index (χ4v) is 4.07. The predicted octanol–water partition coefficient (Wildman–Crippen LogP) is 2.58. The zero-order valence-corrected chi connectivity index (χ0v) is 17.7. The molecule has 0 radical (unpaired) electrons. The van der Waals surface area contributed by atoms with E-state index in [4.69, 9.17) is 0 Å². The number of carbonyl (C=O) groups is 1. The van der Waals surface area contributed by atoms with Gasteiger partial charge in [-0.3, -0.25) is 9.89 Å². The van der Waals surface area contributed by atoms with Crippen LogP contribution in [0.15, 0.2) is 31.0 Å². The average molecular weight is 453 g/mol. The van der Waals surface area contributed by atoms with Crippen molar-refractivity contribution in [1.82, 2.24) is 40.0 Å². The van der Waals surface area contributed by atoms with E-state index in [0.717, 1.165) is 31.7 Å². The Bertz CT molecular complexity index is 1320. The molecule has 4 aromatic rings. The Balaban J connectivity index is 1.31. The highest BCUT2D eigenvalue weighted by atomic mass is 19.1. The summed E-state index contributed by atoms with van der Waals surface area (Å²) in [4.78, 5) is 28.7. The second kappa shape index (κ2) is 8.52. The first-order valence-corrected chi connectivity index (χ1v) is 10.5. The lowest BCUT2D eigenvalue weighted by molar-refractivity contribution is 0.0921. The summed E-state index contributed by atoms with van der Waals surface area (Å²) in [6, 6.07) is 1.11. The lowest BCUT2D eigenvalue weighted by atomic mass is 9.91. The van der Waals surface area contributed by atoms with Crippen LogP contribution in [0.5, 0.6) is 0 Å². The zero-order chi connectivity index (χ0) is 22.9. The third kappa shape index (κ3) is 4.36. The van der Waals surface area contributed by atoms with E-state index in [1.165, 1.54) is 6.07 Å². The number of carbonyl (C=O) groups excluding carboxylic acids is 1. The number of nitrogens with zero attached hydrogens (tertiary/aromatic N) is 6. The Hall–Kier alpha value is -3.96. The molecule has 4 aromatic heterocycles. The fraction of sp³-hybridized carbons (Fsp3) is 0.333. The minimum Gasteiger partial charge on any atom is -0.365 e. The number of halogens is 2. The second-order valence-corrected chi connectivity index (χ2v) is 8.11. The van der Waals surface area contributed by atoms with E-state index in [2.05, 4.69) is 40.8 Å². The Kier molecular flexibility index (Phi) is 5.40. The summed E-state index contributed by atoms with van der Waals surface area (Å²) in [6.45, 7) is 0. The molecule has 1 saturated carbocycles. The lowest BCUT2D eigenvalue weighted by Gasteiger charge is -2.30. The van der Waals surface area contributed by atoms with Crippen LogP contribution >= 0.6 is 0 Å². The number of rotatable bonds is 5. The Morgan fingerprint density at radius 2 is 2.03 bits per heavy atom. The monoisotopic (exact) mass is 453 g/mol. The number of H-pyrrole nitrogens is 1. The van der Waals surface area contributed by atoms with Gasteiger partial charge in [-0.1, -0.05) is 0 Å². The van der Waals surface area contributed by atoms with Crippen LogP contribution in [0.1, 0.15) is 36.2 Å². The predicted molar refractivity (Wildman–Crippen MR) is 115 cm³/mol. The molecule has 1 fully saturated rings. The summed E-state index contributed by atoms with van der Waals surface area (Å²) in [5.41, 5.74) is 1.02. The molecular weight excluding hydrogens is 432 g/mol. The molecule has 33 heavy (non-hydrogen) atoms. The quantitative estimate of drug-likeness (QED) is 0.424. The smallest absolute Gasteiger partial charge is 0.271 e. The van der Waals surface area contributed by atoms with Crippen molar-refractivity contribution in [3.8, 4) is 11.5 Å². The molecule has 12 heteroatoms. The summed E-state index contributed by atoms with van der Waals surface area (Å²) >= 11 is 0. The summed E-state index contributed by atoms with van der Waals surface area (Å²) in [7, 11) is 1.80. The Morgan fingerprint density at radius 1 is 1.18 bits per heavy atom. The molecule has 4 heterocycles. The van der Waals surface area contributed by atoms with Gasteiger partial charge in [0, 0.05) is 25.3 Å². The number of aromatic amines is 1. The van der Waals surface area contributed by atoms with Crippen molar-refractivity contribution in [2.45, 2.75) is 37.8 Å². The van der Waals surface area contributed by atoms with Crippen molar-refractivity contribution in [1.29, 1.82) is 0 Å². The molecule has 0 aliphatic heterocycles. The van der Waals surface area contributed by atoms with E-state index in [9.17, 15) is 13.6 Å². The van der Waals surface area contributed by atoms with Gasteiger partial charge in [0.25, 0.3) is 5.91 Å². The van der Waals surface area contributed by atoms with E-state index in [0.29, 0.717) is 23.1 Å². The Labute approximate surface area is 186 Å². The minimum atomic E-state index is -0.609. The molecule has 1 amide bonds. The first kappa shape index (κ1) is 20.9. The van der Waals surface area contributed by atoms with Crippen molar-refractivity contribution in [2.24, 2.45) is 7.05 Å². The van der Waals surface area contributed by atoms with Crippen LogP contribution in [0.25, 0.3) is 22.6 Å². The standard InChI is InChI=1S/C21H21F2N9O/c1-32-9-16(26-10-32)21(33)28-13-4-2-3-12(6-13)27-19-15(23)8-25-20(29-19)17-14-5-11(22)7-24-18(14)31-30-17/h5,7-10,12-13H,2-4,6H2,1H3,(H,28,33)(H,24,30,31)(H,25,27,29)/t12?,13-/m1/s1. The molecule has 0 aromatic carbocycles. The minimum absolute atomic E-state index is 0.0298. The van der Waals surface area contributed by atoms with Gasteiger partial charge in [0.2, 0.25) is 0 Å². The number of hydrogen-bond donors (Lipinski definition) is 3. The number of nitrogens with one attached hydrogen (secondary N) is 3. The van der Waals surface area contributed by atoms with E-state index >= 15 is 0 Å². The molecule has 3 N–H and O–H groups in total. The van der Waals surface area contributed by atoms with Gasteiger partial charge in [-0.25, -0.2) is 28.7 Å². The topological polar surface area (TPSA) is 126 Å². The summed E-state index contributed by atoms with van der Waals surface area (Å²) in [5.74, 6) is -1.19. The van der Waals surface area contributed by atoms with Gasteiger partial charge in [0.05, 0.1) is 24.1 Å². The molecule has 2 atom stereocenters. The van der Waals surface area contributed by atoms with Crippen molar-refractivity contribution in [2.75, 3.05) is 5.32 Å². The molecule has 0 bridgehead atoms. The highest BCUT2D eigenvalue weighted by Crippen LogP contribution is 2.27. The van der Waals surface area contributed by atoms with Gasteiger partial charge < -0.3 is 15.2 Å². The maximum atomic E-state index is 14.5. The highest BCUT2D eigenvalue weighted by Gasteiger charge is 2.26. The molecule has 1 aliphatic carbocycles. The third-order valence-electron chi connectivity index (χ3n) is 5.63. The van der Waals surface area contributed by atoms with Crippen LogP contribution in [0.2, 0.25) is 0 Å². The van der Waals surface area contributed by atoms with Crippen LogP contribution < -0.4 is 10.6 Å². The SMILES string of the molecule is Cn1cnc(C(=O)N[C@@H]2CCCC(Nc3nc(-c4n[nH]c5ncc(F)cc45)ncc3F)C2)c1. The van der Waals surface area contributed by atoms with Crippen LogP contribution in [0, 0.1) is 11.6 Å². The van der Waals surface area contributed by atoms with E-state index in [-0.39, 0.29) is 35.3 Å². The van der Waals surface area contributed by atoms with E-state index in [1.54, 1.807) is 24.1 Å². The molecule has 0 saturated heterocycles. The number of anilines is 1. The molecule has 1 aliphatic rings. The number of amides is 1. The maximum Gasteiger partial charge on any atom is 0.271 e. The van der Waals surface area contributed by atoms with Gasteiger partial charge in [-0.05, 0) is 31.7 Å². The van der Waals surface area contributed by atoms with Crippen LogP contribution in [-0.2, 0) is 7.05 Å². The van der Waals surface area contributed by atoms with Gasteiger partial charge in [-0.2, -0.15) is 5.10 Å². The van der Waals surface area contributed by atoms with E-state index < -0.39 is 11.6 Å². The zero-order valence-electron chi connectivity index (χ0n) is 17.7. The number of pyridine rings is 1. The molecule has 0 spiro atoms. The van der Waals surface area contributed by atoms with Crippen LogP contribution in [0.3, 0.4) is 0 Å². The molecule has 5 rings (SSSR count). The summed E-state index contributed by atoms with van der Waals surface area (Å²) in [5, 5.41) is 13.4. The lowest BCUT2D eigenvalue weighted by Crippen LogP contribution is -2.42. The average Bonchev–Trinajstić information content (AvgIpc) is 3.42. The summed E-state index contributed by atoms with van der Waals surface area (Å²) < 4.78 is 29.9. The first-order chi connectivity index (χ1) is 16.0. The van der Waals surface area contributed by atoms with Gasteiger partial charge in [0.15, 0.2) is 23.1 Å². The van der Waals surface area contributed by atoms with Crippen molar-refractivity contribution >= 4 is 22.8 Å². The molecule has 10 nitrogen and oxygen atoms in total. The Morgan fingerprint density at radius 3 is 2.85 bits per heavy atom. The number of imidazole rings is 1. The second-order valence-electron chi connectivity index (χ2n) is 8.11. The number of hydrogen-bond acceptors (Lipinski definition) is 7. The van der Waals surface area contributed by atoms with Gasteiger partial charge >= 0.3 is 0 Å². The van der Waals surface area contributed by atoms with Crippen molar-refractivity contribution in [3.63, 3.8) is 0 Å². The maximum absolute atomic E-state index is 14.5. The van der Waals surface area contributed by atoms with Crippen LogP contribution in [0.4, 0.5) is 14.6 Å². The third-order valence-corrected chi connectivity index (χ3v) is 5.63. The summed E-state index contributed by atoms with van der Waals surface area (Å²) in [6.07, 6.45) is 8.46. The van der Waals surface area contributed by atoms with E-state index in [1.807, 2.05) is 0 Å². The van der Waals surface area contributed by atoms with Crippen LogP contribution in [-0.4, -0.2) is 52.7 Å². The first-order valence-electron chi connectivity index (χ1n) is 10.5. The molecule has 170 valence electrons. The largest absolute Gasteiger partial charge is 0.365 e. The van der Waals surface area contributed by atoms with Crippen molar-refractivity contribution < 1.29 is 13.6 Å². The van der Waals surface area contributed by atoms with Crippen molar-refractivity contribution in [3.05, 3.63) is 48.3 Å². The number of aromatic nitrogens is 7.